The molecule has 3 N–H and O–H groups in total. The highest BCUT2D eigenvalue weighted by molar-refractivity contribution is 5.91. The lowest BCUT2D eigenvalue weighted by molar-refractivity contribution is -0.116. The van der Waals surface area contributed by atoms with Crippen LogP contribution in [0.25, 0.3) is 0 Å². The van der Waals surface area contributed by atoms with Crippen molar-refractivity contribution in [2.24, 2.45) is 5.73 Å². The van der Waals surface area contributed by atoms with E-state index in [0.29, 0.717) is 43.4 Å². The molecule has 1 rings (SSSR count). The summed E-state index contributed by atoms with van der Waals surface area (Å²) < 4.78 is 11.3. The van der Waals surface area contributed by atoms with Crippen LogP contribution in [0.1, 0.15) is 33.1 Å². The van der Waals surface area contributed by atoms with E-state index in [0.717, 1.165) is 12.8 Å². The van der Waals surface area contributed by atoms with Gasteiger partial charge in [0.25, 0.3) is 0 Å². The van der Waals surface area contributed by atoms with Crippen LogP contribution in [0.3, 0.4) is 0 Å². The first-order valence-corrected chi connectivity index (χ1v) is 7.10. The molecule has 0 saturated carbocycles. The van der Waals surface area contributed by atoms with Gasteiger partial charge in [-0.2, -0.15) is 0 Å². The molecule has 5 nitrogen and oxygen atoms in total. The molecule has 1 aromatic rings. The van der Waals surface area contributed by atoms with Gasteiger partial charge in [0.05, 0.1) is 13.2 Å². The smallest absolute Gasteiger partial charge is 0.225 e. The van der Waals surface area contributed by atoms with E-state index in [2.05, 4.69) is 5.32 Å². The number of ether oxygens (including phenoxy) is 2. The fourth-order valence-electron chi connectivity index (χ4n) is 1.60. The van der Waals surface area contributed by atoms with E-state index < -0.39 is 0 Å². The van der Waals surface area contributed by atoms with Crippen molar-refractivity contribution in [1.29, 1.82) is 0 Å². The molecule has 0 fully saturated rings. The minimum absolute atomic E-state index is 0.101. The van der Waals surface area contributed by atoms with Crippen LogP contribution in [0.4, 0.5) is 5.69 Å². The third-order valence-electron chi connectivity index (χ3n) is 2.52. The quantitative estimate of drug-likeness (QED) is 0.729. The maximum atomic E-state index is 11.5. The van der Waals surface area contributed by atoms with E-state index in [1.54, 1.807) is 12.1 Å². The molecular formula is C15H24N2O3. The van der Waals surface area contributed by atoms with Crippen LogP contribution in [-0.4, -0.2) is 25.7 Å². The predicted molar refractivity (Wildman–Crippen MR) is 80.3 cm³/mol. The zero-order valence-electron chi connectivity index (χ0n) is 12.3. The number of anilines is 1. The molecule has 0 radical (unpaired) electrons. The first-order valence-electron chi connectivity index (χ1n) is 7.10. The van der Waals surface area contributed by atoms with Gasteiger partial charge in [-0.1, -0.05) is 13.8 Å². The molecule has 0 aromatic heterocycles. The molecule has 0 heterocycles. The van der Waals surface area contributed by atoms with Crippen LogP contribution in [0, 0.1) is 0 Å². The lowest BCUT2D eigenvalue weighted by Crippen LogP contribution is -2.16. The standard InChI is InChI=1S/C15H24N2O3/c1-3-9-19-13-6-5-12(17-15(18)7-8-16)11-14(13)20-10-4-2/h5-6,11H,3-4,7-10,16H2,1-2H3,(H,17,18). The Kier molecular flexibility index (Phi) is 7.50. The van der Waals surface area contributed by atoms with Crippen molar-refractivity contribution in [1.82, 2.24) is 0 Å². The minimum Gasteiger partial charge on any atom is -0.490 e. The second-order valence-corrected chi connectivity index (χ2v) is 4.45. The van der Waals surface area contributed by atoms with Gasteiger partial charge in [-0.25, -0.2) is 0 Å². The van der Waals surface area contributed by atoms with Crippen molar-refractivity contribution in [2.75, 3.05) is 25.1 Å². The Morgan fingerprint density at radius 2 is 1.80 bits per heavy atom. The van der Waals surface area contributed by atoms with Gasteiger partial charge in [-0.3, -0.25) is 4.79 Å². The molecule has 1 aromatic carbocycles. The van der Waals surface area contributed by atoms with Gasteiger partial charge in [-0.15, -0.1) is 0 Å². The van der Waals surface area contributed by atoms with Crippen molar-refractivity contribution in [3.63, 3.8) is 0 Å². The summed E-state index contributed by atoms with van der Waals surface area (Å²) in [6.07, 6.45) is 2.15. The Balaban J connectivity index is 2.79. The first kappa shape index (κ1) is 16.3. The van der Waals surface area contributed by atoms with Gasteiger partial charge in [0.1, 0.15) is 0 Å². The summed E-state index contributed by atoms with van der Waals surface area (Å²) in [6.45, 7) is 5.68. The zero-order valence-corrected chi connectivity index (χ0v) is 12.3. The fourth-order valence-corrected chi connectivity index (χ4v) is 1.60. The summed E-state index contributed by atoms with van der Waals surface area (Å²) in [7, 11) is 0. The first-order chi connectivity index (χ1) is 9.71. The summed E-state index contributed by atoms with van der Waals surface area (Å²) >= 11 is 0. The van der Waals surface area contributed by atoms with Crippen LogP contribution < -0.4 is 20.5 Å². The number of nitrogens with one attached hydrogen (secondary N) is 1. The molecule has 0 aliphatic carbocycles. The lowest BCUT2D eigenvalue weighted by atomic mass is 10.2. The second kappa shape index (κ2) is 9.20. The number of nitrogens with two attached hydrogens (primary N) is 1. The van der Waals surface area contributed by atoms with Gasteiger partial charge in [0.15, 0.2) is 11.5 Å². The van der Waals surface area contributed by atoms with Crippen molar-refractivity contribution in [2.45, 2.75) is 33.1 Å². The van der Waals surface area contributed by atoms with Crippen molar-refractivity contribution < 1.29 is 14.3 Å². The Morgan fingerprint density at radius 3 is 2.40 bits per heavy atom. The van der Waals surface area contributed by atoms with E-state index in [-0.39, 0.29) is 5.91 Å². The highest BCUT2D eigenvalue weighted by Gasteiger charge is 2.08. The number of rotatable bonds is 9. The summed E-state index contributed by atoms with van der Waals surface area (Å²) in [5, 5.41) is 2.79. The zero-order chi connectivity index (χ0) is 14.8. The van der Waals surface area contributed by atoms with E-state index in [1.807, 2.05) is 19.9 Å². The van der Waals surface area contributed by atoms with Crippen LogP contribution in [-0.2, 0) is 4.79 Å². The number of hydrogen-bond donors (Lipinski definition) is 2. The molecule has 20 heavy (non-hydrogen) atoms. The molecular weight excluding hydrogens is 256 g/mol. The molecule has 5 heteroatoms. The molecule has 0 unspecified atom stereocenters. The average molecular weight is 280 g/mol. The molecule has 0 bridgehead atoms. The number of carbonyl (C=O) groups is 1. The van der Waals surface area contributed by atoms with Crippen molar-refractivity contribution in [3.05, 3.63) is 18.2 Å². The SMILES string of the molecule is CCCOc1ccc(NC(=O)CCN)cc1OCCC. The second-order valence-electron chi connectivity index (χ2n) is 4.45. The van der Waals surface area contributed by atoms with E-state index in [4.69, 9.17) is 15.2 Å². The topological polar surface area (TPSA) is 73.6 Å². The molecule has 0 aliphatic heterocycles. The Morgan fingerprint density at radius 1 is 1.15 bits per heavy atom. The molecule has 1 amide bonds. The van der Waals surface area contributed by atoms with Gasteiger partial charge < -0.3 is 20.5 Å². The Bertz CT molecular complexity index is 422. The lowest BCUT2D eigenvalue weighted by Gasteiger charge is -2.14. The maximum Gasteiger partial charge on any atom is 0.225 e. The van der Waals surface area contributed by atoms with E-state index >= 15 is 0 Å². The van der Waals surface area contributed by atoms with Gasteiger partial charge in [0, 0.05) is 24.7 Å². The predicted octanol–water partition coefficient (Wildman–Crippen LogP) is 2.55. The number of benzene rings is 1. The van der Waals surface area contributed by atoms with E-state index in [1.165, 1.54) is 0 Å². The van der Waals surface area contributed by atoms with Crippen molar-refractivity contribution >= 4 is 11.6 Å². The van der Waals surface area contributed by atoms with Crippen LogP contribution in [0.5, 0.6) is 11.5 Å². The van der Waals surface area contributed by atoms with Crippen LogP contribution in [0.15, 0.2) is 18.2 Å². The van der Waals surface area contributed by atoms with Gasteiger partial charge in [0.2, 0.25) is 5.91 Å². The van der Waals surface area contributed by atoms with Gasteiger partial charge >= 0.3 is 0 Å². The van der Waals surface area contributed by atoms with Crippen molar-refractivity contribution in [3.8, 4) is 11.5 Å². The third-order valence-corrected chi connectivity index (χ3v) is 2.52. The monoisotopic (exact) mass is 280 g/mol. The molecule has 0 saturated heterocycles. The molecule has 112 valence electrons. The molecule has 0 aliphatic rings. The maximum absolute atomic E-state index is 11.5. The highest BCUT2D eigenvalue weighted by Crippen LogP contribution is 2.31. The van der Waals surface area contributed by atoms with E-state index in [9.17, 15) is 4.79 Å². The number of carbonyl (C=O) groups excluding carboxylic acids is 1. The summed E-state index contributed by atoms with van der Waals surface area (Å²) in [5.41, 5.74) is 6.05. The highest BCUT2D eigenvalue weighted by atomic mass is 16.5. The number of hydrogen-bond acceptors (Lipinski definition) is 4. The summed E-state index contributed by atoms with van der Waals surface area (Å²) in [4.78, 5) is 11.5. The largest absolute Gasteiger partial charge is 0.490 e. The minimum atomic E-state index is -0.101. The molecule has 0 atom stereocenters. The summed E-state index contributed by atoms with van der Waals surface area (Å²) in [5.74, 6) is 1.26. The average Bonchev–Trinajstić information content (AvgIpc) is 2.44. The molecule has 0 spiro atoms. The Labute approximate surface area is 120 Å². The van der Waals surface area contributed by atoms with Crippen LogP contribution in [0.2, 0.25) is 0 Å². The third kappa shape index (κ3) is 5.48. The normalized spacial score (nSPS) is 10.2. The number of amides is 1. The fraction of sp³-hybridized carbons (Fsp3) is 0.533. The van der Waals surface area contributed by atoms with Gasteiger partial charge in [-0.05, 0) is 25.0 Å². The van der Waals surface area contributed by atoms with Crippen LogP contribution >= 0.6 is 0 Å². The Hall–Kier alpha value is -1.75. The summed E-state index contributed by atoms with van der Waals surface area (Å²) in [6, 6.07) is 5.41.